The summed E-state index contributed by atoms with van der Waals surface area (Å²) in [7, 11) is 3.30. The van der Waals surface area contributed by atoms with Crippen molar-refractivity contribution in [2.24, 2.45) is 0 Å². The highest BCUT2D eigenvalue weighted by molar-refractivity contribution is 7.99. The van der Waals surface area contributed by atoms with Gasteiger partial charge >= 0.3 is 0 Å². The molecule has 0 saturated heterocycles. The third kappa shape index (κ3) is 4.90. The normalized spacial score (nSPS) is 10.9. The molecule has 0 unspecified atom stereocenters. The van der Waals surface area contributed by atoms with E-state index in [4.69, 9.17) is 4.74 Å². The monoisotopic (exact) mass is 463 g/mol. The van der Waals surface area contributed by atoms with Crippen LogP contribution in [0.15, 0.2) is 82.7 Å². The van der Waals surface area contributed by atoms with E-state index in [1.54, 1.807) is 55.5 Å². The van der Waals surface area contributed by atoms with Crippen LogP contribution in [0.4, 0.5) is 4.39 Å². The van der Waals surface area contributed by atoms with Gasteiger partial charge in [-0.2, -0.15) is 0 Å². The van der Waals surface area contributed by atoms with Crippen LogP contribution in [0.5, 0.6) is 5.75 Å². The molecule has 6 nitrogen and oxygen atoms in total. The fourth-order valence-electron chi connectivity index (χ4n) is 3.42. The number of amides is 1. The minimum Gasteiger partial charge on any atom is -0.497 e. The van der Waals surface area contributed by atoms with E-state index in [1.807, 2.05) is 24.3 Å². The van der Waals surface area contributed by atoms with Crippen molar-refractivity contribution in [3.05, 3.63) is 94.5 Å². The summed E-state index contributed by atoms with van der Waals surface area (Å²) in [5.74, 6) is 0.0713. The maximum Gasteiger partial charge on any atom is 0.266 e. The van der Waals surface area contributed by atoms with Gasteiger partial charge in [-0.25, -0.2) is 9.37 Å². The summed E-state index contributed by atoms with van der Waals surface area (Å²) in [6.07, 6.45) is 0. The van der Waals surface area contributed by atoms with Crippen LogP contribution in [-0.4, -0.2) is 40.3 Å². The van der Waals surface area contributed by atoms with Gasteiger partial charge in [-0.1, -0.05) is 48.2 Å². The fraction of sp³-hybridized carbons (Fsp3) is 0.160. The molecular formula is C25H22FN3O3S. The summed E-state index contributed by atoms with van der Waals surface area (Å²) in [4.78, 5) is 32.2. The Bertz CT molecular complexity index is 1370. The Morgan fingerprint density at radius 3 is 2.64 bits per heavy atom. The van der Waals surface area contributed by atoms with Crippen molar-refractivity contribution in [1.82, 2.24) is 14.5 Å². The van der Waals surface area contributed by atoms with E-state index in [9.17, 15) is 14.0 Å². The van der Waals surface area contributed by atoms with Gasteiger partial charge < -0.3 is 9.64 Å². The first kappa shape index (κ1) is 22.5. The maximum absolute atomic E-state index is 14.6. The Kier molecular flexibility index (Phi) is 6.74. The van der Waals surface area contributed by atoms with Crippen molar-refractivity contribution in [2.45, 2.75) is 11.7 Å². The Hall–Kier alpha value is -3.65. The van der Waals surface area contributed by atoms with E-state index < -0.39 is 5.82 Å². The SMILES string of the molecule is COc1cccc(CN(C)C(=O)CSc2nc3ccccc3c(=O)n2-c2ccccc2F)c1. The van der Waals surface area contributed by atoms with Crippen LogP contribution in [0, 0.1) is 5.82 Å². The molecule has 0 bridgehead atoms. The molecule has 1 aromatic heterocycles. The molecule has 0 fully saturated rings. The van der Waals surface area contributed by atoms with Crippen molar-refractivity contribution in [3.63, 3.8) is 0 Å². The van der Waals surface area contributed by atoms with Gasteiger partial charge in [0.2, 0.25) is 5.91 Å². The highest BCUT2D eigenvalue weighted by Crippen LogP contribution is 2.23. The second-order valence-electron chi connectivity index (χ2n) is 7.39. The molecule has 0 radical (unpaired) electrons. The average molecular weight is 464 g/mol. The van der Waals surface area contributed by atoms with Crippen molar-refractivity contribution < 1.29 is 13.9 Å². The first-order valence-electron chi connectivity index (χ1n) is 10.2. The van der Waals surface area contributed by atoms with Gasteiger partial charge in [0.05, 0.1) is 29.5 Å². The van der Waals surface area contributed by atoms with Crippen LogP contribution >= 0.6 is 11.8 Å². The molecule has 0 N–H and O–H groups in total. The van der Waals surface area contributed by atoms with Crippen LogP contribution in [0.2, 0.25) is 0 Å². The molecule has 0 spiro atoms. The Morgan fingerprint density at radius 2 is 1.85 bits per heavy atom. The number of hydrogen-bond acceptors (Lipinski definition) is 5. The minimum absolute atomic E-state index is 0.0414. The number of fused-ring (bicyclic) bond motifs is 1. The van der Waals surface area contributed by atoms with Gasteiger partial charge in [-0.05, 0) is 42.0 Å². The summed E-state index contributed by atoms with van der Waals surface area (Å²) >= 11 is 1.10. The number of thioether (sulfide) groups is 1. The maximum atomic E-state index is 14.6. The minimum atomic E-state index is -0.542. The number of carbonyl (C=O) groups excluding carboxylic acids is 1. The lowest BCUT2D eigenvalue weighted by atomic mass is 10.2. The zero-order valence-electron chi connectivity index (χ0n) is 18.2. The first-order valence-corrected chi connectivity index (χ1v) is 11.2. The van der Waals surface area contributed by atoms with Crippen molar-refractivity contribution in [2.75, 3.05) is 19.9 Å². The van der Waals surface area contributed by atoms with Crippen LogP contribution in [-0.2, 0) is 11.3 Å². The van der Waals surface area contributed by atoms with Gasteiger partial charge in [0.25, 0.3) is 5.56 Å². The van der Waals surface area contributed by atoms with Crippen molar-refractivity contribution in [3.8, 4) is 11.4 Å². The topological polar surface area (TPSA) is 64.4 Å². The molecule has 8 heteroatoms. The predicted molar refractivity (Wildman–Crippen MR) is 127 cm³/mol. The van der Waals surface area contributed by atoms with Crippen molar-refractivity contribution in [1.29, 1.82) is 0 Å². The number of ether oxygens (including phenoxy) is 1. The van der Waals surface area contributed by atoms with E-state index in [0.717, 1.165) is 23.1 Å². The summed E-state index contributed by atoms with van der Waals surface area (Å²) in [6, 6.07) is 20.4. The molecule has 168 valence electrons. The van der Waals surface area contributed by atoms with Gasteiger partial charge in [-0.3, -0.25) is 14.2 Å². The number of nitrogens with zero attached hydrogens (tertiary/aromatic N) is 3. The second kappa shape index (κ2) is 9.87. The smallest absolute Gasteiger partial charge is 0.266 e. The molecule has 4 aromatic rings. The third-order valence-corrected chi connectivity index (χ3v) is 6.07. The van der Waals surface area contributed by atoms with Gasteiger partial charge in [0, 0.05) is 13.6 Å². The second-order valence-corrected chi connectivity index (χ2v) is 8.34. The molecule has 0 aliphatic rings. The van der Waals surface area contributed by atoms with Crippen LogP contribution in [0.1, 0.15) is 5.56 Å². The number of aromatic nitrogens is 2. The summed E-state index contributed by atoms with van der Waals surface area (Å²) in [5.41, 5.74) is 1.14. The number of halogens is 1. The van der Waals surface area contributed by atoms with E-state index in [0.29, 0.717) is 17.4 Å². The average Bonchev–Trinajstić information content (AvgIpc) is 2.83. The van der Waals surface area contributed by atoms with Crippen molar-refractivity contribution >= 4 is 28.6 Å². The number of benzene rings is 3. The first-order chi connectivity index (χ1) is 16.0. The molecule has 0 aliphatic heterocycles. The Morgan fingerprint density at radius 1 is 1.09 bits per heavy atom. The number of hydrogen-bond donors (Lipinski definition) is 0. The van der Waals surface area contributed by atoms with Gasteiger partial charge in [0.15, 0.2) is 5.16 Å². The van der Waals surface area contributed by atoms with Gasteiger partial charge in [0.1, 0.15) is 11.6 Å². The van der Waals surface area contributed by atoms with E-state index in [1.165, 1.54) is 16.7 Å². The summed E-state index contributed by atoms with van der Waals surface area (Å²) in [5, 5.41) is 0.638. The standard InChI is InChI=1S/C25H22FN3O3S/c1-28(15-17-8-7-9-18(14-17)32-2)23(30)16-33-25-27-21-12-5-3-10-19(21)24(31)29(25)22-13-6-4-11-20(22)26/h3-14H,15-16H2,1-2H3. The highest BCUT2D eigenvalue weighted by atomic mass is 32.2. The molecule has 0 atom stereocenters. The lowest BCUT2D eigenvalue weighted by molar-refractivity contribution is -0.127. The molecule has 1 amide bonds. The molecule has 33 heavy (non-hydrogen) atoms. The lowest BCUT2D eigenvalue weighted by Crippen LogP contribution is -2.28. The predicted octanol–water partition coefficient (Wildman–Crippen LogP) is 4.28. The largest absolute Gasteiger partial charge is 0.497 e. The van der Waals surface area contributed by atoms with E-state index in [-0.39, 0.29) is 28.1 Å². The zero-order chi connectivity index (χ0) is 23.4. The highest BCUT2D eigenvalue weighted by Gasteiger charge is 2.18. The number of methoxy groups -OCH3 is 1. The zero-order valence-corrected chi connectivity index (χ0v) is 19.0. The quantitative estimate of drug-likeness (QED) is 0.302. The number of para-hydroxylation sites is 2. The molecule has 4 rings (SSSR count). The number of carbonyl (C=O) groups is 1. The number of rotatable bonds is 7. The van der Waals surface area contributed by atoms with E-state index in [2.05, 4.69) is 4.98 Å². The van der Waals surface area contributed by atoms with Gasteiger partial charge in [-0.15, -0.1) is 0 Å². The molecule has 0 saturated carbocycles. The van der Waals surface area contributed by atoms with Crippen LogP contribution < -0.4 is 10.3 Å². The molecule has 3 aromatic carbocycles. The van der Waals surface area contributed by atoms with Crippen LogP contribution in [0.25, 0.3) is 16.6 Å². The molecular weight excluding hydrogens is 441 g/mol. The summed E-state index contributed by atoms with van der Waals surface area (Å²) in [6.45, 7) is 0.405. The summed E-state index contributed by atoms with van der Waals surface area (Å²) < 4.78 is 21.1. The molecule has 0 aliphatic carbocycles. The Labute approximate surface area is 194 Å². The lowest BCUT2D eigenvalue weighted by Gasteiger charge is -2.18. The van der Waals surface area contributed by atoms with Crippen LogP contribution in [0.3, 0.4) is 0 Å². The Balaban J connectivity index is 1.61. The third-order valence-electron chi connectivity index (χ3n) is 5.14. The van der Waals surface area contributed by atoms with E-state index >= 15 is 0 Å². The molecule has 1 heterocycles. The fourth-order valence-corrected chi connectivity index (χ4v) is 4.37.